The van der Waals surface area contributed by atoms with Crippen molar-refractivity contribution in [3.63, 3.8) is 0 Å². The Bertz CT molecular complexity index is 508. The van der Waals surface area contributed by atoms with Crippen molar-refractivity contribution in [1.82, 2.24) is 20.5 Å². The number of nitrogens with one attached hydrogen (secondary N) is 2. The van der Waals surface area contributed by atoms with E-state index in [9.17, 15) is 9.59 Å². The minimum atomic E-state index is -1.23. The first-order chi connectivity index (χ1) is 10.0. The van der Waals surface area contributed by atoms with E-state index in [0.29, 0.717) is 12.8 Å². The fourth-order valence-electron chi connectivity index (χ4n) is 1.67. The van der Waals surface area contributed by atoms with Crippen molar-refractivity contribution in [2.24, 2.45) is 0 Å². The van der Waals surface area contributed by atoms with Gasteiger partial charge in [-0.05, 0) is 12.8 Å². The second-order valence-corrected chi connectivity index (χ2v) is 4.24. The molecule has 1 atom stereocenters. The predicted octanol–water partition coefficient (Wildman–Crippen LogP) is -0.0465. The number of carbonyl (C=O) groups is 2. The molecule has 0 bridgehead atoms. The van der Waals surface area contributed by atoms with Gasteiger partial charge < -0.3 is 15.5 Å². The molecule has 0 spiro atoms. The van der Waals surface area contributed by atoms with Crippen molar-refractivity contribution in [3.8, 4) is 0 Å². The summed E-state index contributed by atoms with van der Waals surface area (Å²) in [7, 11) is 0. The lowest BCUT2D eigenvalue weighted by Crippen LogP contribution is -2.43. The number of aliphatic hydroxyl groups excluding tert-OH is 1. The number of carbonyl (C=O) groups excluding carboxylic acids is 1. The lowest BCUT2D eigenvalue weighted by Gasteiger charge is -2.13. The molecule has 0 aliphatic carbocycles. The summed E-state index contributed by atoms with van der Waals surface area (Å²) < 4.78 is 0. The summed E-state index contributed by atoms with van der Waals surface area (Å²) in [6, 6.07) is -1.94. The number of amides is 2. The number of hydrogen-bond donors (Lipinski definition) is 4. The number of rotatable bonds is 7. The lowest BCUT2D eigenvalue weighted by molar-refractivity contribution is -0.139. The molecule has 2 amide bonds. The zero-order valence-electron chi connectivity index (χ0n) is 12.0. The summed E-state index contributed by atoms with van der Waals surface area (Å²) in [5.74, 6) is -1.22. The minimum Gasteiger partial charge on any atom is -0.480 e. The van der Waals surface area contributed by atoms with E-state index in [1.54, 1.807) is 0 Å². The summed E-state index contributed by atoms with van der Waals surface area (Å²) in [6.07, 6.45) is 1.25. The Kier molecular flexibility index (Phi) is 6.47. The van der Waals surface area contributed by atoms with E-state index in [0.717, 1.165) is 11.4 Å². The summed E-state index contributed by atoms with van der Waals surface area (Å²) in [5.41, 5.74) is 1.49. The van der Waals surface area contributed by atoms with Crippen LogP contribution in [0, 0.1) is 0 Å². The third kappa shape index (κ3) is 4.95. The maximum absolute atomic E-state index is 11.7. The highest BCUT2D eigenvalue weighted by Crippen LogP contribution is 2.06. The molecule has 0 aliphatic rings. The zero-order valence-corrected chi connectivity index (χ0v) is 12.0. The van der Waals surface area contributed by atoms with Gasteiger partial charge >= 0.3 is 12.0 Å². The fraction of sp³-hybridized carbons (Fsp3) is 0.583. The standard InChI is InChI=1S/C12H19N5O4/c1-3-7-8(4-2)16-17-11(13-7)15-12(21)14-9(5-6-18)10(19)20/h9,18H,3-6H2,1-2H3,(H,19,20)(H2,13,14,15,17,21)/t9-/m0/s1. The van der Waals surface area contributed by atoms with Gasteiger partial charge in [-0.3, -0.25) is 5.32 Å². The van der Waals surface area contributed by atoms with E-state index in [1.807, 2.05) is 13.8 Å². The van der Waals surface area contributed by atoms with Gasteiger partial charge in [-0.1, -0.05) is 13.8 Å². The average molecular weight is 297 g/mol. The Morgan fingerprint density at radius 1 is 1.19 bits per heavy atom. The normalized spacial score (nSPS) is 11.8. The van der Waals surface area contributed by atoms with Crippen LogP contribution < -0.4 is 10.6 Å². The van der Waals surface area contributed by atoms with Crippen LogP contribution in [0.1, 0.15) is 31.7 Å². The van der Waals surface area contributed by atoms with Crippen molar-refractivity contribution in [3.05, 3.63) is 11.4 Å². The molecule has 0 saturated carbocycles. The van der Waals surface area contributed by atoms with Gasteiger partial charge in [-0.25, -0.2) is 14.6 Å². The van der Waals surface area contributed by atoms with Crippen molar-refractivity contribution >= 4 is 17.9 Å². The molecule has 9 heteroatoms. The Morgan fingerprint density at radius 3 is 2.38 bits per heavy atom. The zero-order chi connectivity index (χ0) is 15.8. The average Bonchev–Trinajstić information content (AvgIpc) is 2.46. The van der Waals surface area contributed by atoms with Gasteiger partial charge in [0.15, 0.2) is 0 Å². The van der Waals surface area contributed by atoms with Gasteiger partial charge in [0.25, 0.3) is 5.95 Å². The molecule has 1 aromatic rings. The molecule has 0 saturated heterocycles. The number of nitrogens with zero attached hydrogens (tertiary/aromatic N) is 3. The summed E-state index contributed by atoms with van der Waals surface area (Å²) in [4.78, 5) is 26.7. The van der Waals surface area contributed by atoms with Crippen LogP contribution in [0.3, 0.4) is 0 Å². The van der Waals surface area contributed by atoms with E-state index >= 15 is 0 Å². The second-order valence-electron chi connectivity index (χ2n) is 4.24. The van der Waals surface area contributed by atoms with Gasteiger partial charge in [0.1, 0.15) is 6.04 Å². The van der Waals surface area contributed by atoms with E-state index in [-0.39, 0.29) is 19.0 Å². The SMILES string of the molecule is CCc1nnc(NC(=O)N[C@@H](CCO)C(=O)O)nc1CC. The van der Waals surface area contributed by atoms with E-state index < -0.39 is 18.0 Å². The van der Waals surface area contributed by atoms with Gasteiger partial charge in [0.2, 0.25) is 0 Å². The van der Waals surface area contributed by atoms with Crippen LogP contribution in [0.15, 0.2) is 0 Å². The smallest absolute Gasteiger partial charge is 0.326 e. The maximum Gasteiger partial charge on any atom is 0.326 e. The number of aliphatic hydroxyl groups is 1. The third-order valence-corrected chi connectivity index (χ3v) is 2.76. The number of aromatic nitrogens is 3. The van der Waals surface area contributed by atoms with Crippen molar-refractivity contribution in [2.45, 2.75) is 39.2 Å². The number of hydrogen-bond acceptors (Lipinski definition) is 6. The summed E-state index contributed by atoms with van der Waals surface area (Å²) >= 11 is 0. The topological polar surface area (TPSA) is 137 Å². The Labute approximate surface area is 121 Å². The van der Waals surface area contributed by atoms with Crippen LogP contribution >= 0.6 is 0 Å². The predicted molar refractivity (Wildman–Crippen MR) is 73.9 cm³/mol. The number of urea groups is 1. The van der Waals surface area contributed by atoms with E-state index in [4.69, 9.17) is 10.2 Å². The summed E-state index contributed by atoms with van der Waals surface area (Å²) in [6.45, 7) is 3.49. The van der Waals surface area contributed by atoms with Crippen LogP contribution in [0.25, 0.3) is 0 Å². The Hall–Kier alpha value is -2.29. The van der Waals surface area contributed by atoms with Crippen molar-refractivity contribution in [1.29, 1.82) is 0 Å². The molecule has 21 heavy (non-hydrogen) atoms. The molecular weight excluding hydrogens is 278 g/mol. The maximum atomic E-state index is 11.7. The number of aryl methyl sites for hydroxylation is 2. The summed E-state index contributed by atoms with van der Waals surface area (Å²) in [5, 5.41) is 29.9. The number of anilines is 1. The van der Waals surface area contributed by atoms with E-state index in [1.165, 1.54) is 0 Å². The number of carboxylic acid groups (broad SMARTS) is 1. The molecular formula is C12H19N5O4. The van der Waals surface area contributed by atoms with Gasteiger partial charge in [0.05, 0.1) is 11.4 Å². The van der Waals surface area contributed by atoms with Crippen LogP contribution in [0.2, 0.25) is 0 Å². The fourth-order valence-corrected chi connectivity index (χ4v) is 1.67. The van der Waals surface area contributed by atoms with Crippen molar-refractivity contribution in [2.75, 3.05) is 11.9 Å². The molecule has 0 fully saturated rings. The molecule has 0 radical (unpaired) electrons. The quantitative estimate of drug-likeness (QED) is 0.553. The van der Waals surface area contributed by atoms with Crippen LogP contribution in [-0.4, -0.2) is 50.0 Å². The van der Waals surface area contributed by atoms with Crippen LogP contribution in [0.4, 0.5) is 10.7 Å². The first kappa shape index (κ1) is 16.8. The molecule has 1 heterocycles. The number of aliphatic carboxylic acids is 1. The Morgan fingerprint density at radius 2 is 1.86 bits per heavy atom. The molecule has 1 aromatic heterocycles. The largest absolute Gasteiger partial charge is 0.480 e. The van der Waals surface area contributed by atoms with Gasteiger partial charge in [-0.2, -0.15) is 0 Å². The molecule has 0 unspecified atom stereocenters. The molecule has 0 aliphatic heterocycles. The second kappa shape index (κ2) is 8.10. The third-order valence-electron chi connectivity index (χ3n) is 2.76. The highest BCUT2D eigenvalue weighted by atomic mass is 16.4. The molecule has 4 N–H and O–H groups in total. The number of carboxylic acids is 1. The molecule has 1 rings (SSSR count). The molecule has 9 nitrogen and oxygen atoms in total. The lowest BCUT2D eigenvalue weighted by atomic mass is 10.2. The van der Waals surface area contributed by atoms with Crippen LogP contribution in [0.5, 0.6) is 0 Å². The molecule has 0 aromatic carbocycles. The van der Waals surface area contributed by atoms with Crippen molar-refractivity contribution < 1.29 is 19.8 Å². The van der Waals surface area contributed by atoms with E-state index in [2.05, 4.69) is 25.8 Å². The Balaban J connectivity index is 2.72. The van der Waals surface area contributed by atoms with Gasteiger partial charge in [-0.15, -0.1) is 10.2 Å². The first-order valence-electron chi connectivity index (χ1n) is 6.65. The van der Waals surface area contributed by atoms with Gasteiger partial charge in [0, 0.05) is 13.0 Å². The monoisotopic (exact) mass is 297 g/mol. The first-order valence-corrected chi connectivity index (χ1v) is 6.65. The highest BCUT2D eigenvalue weighted by Gasteiger charge is 2.19. The molecule has 116 valence electrons. The highest BCUT2D eigenvalue weighted by molar-refractivity contribution is 5.90. The minimum absolute atomic E-state index is 0.00897. The van der Waals surface area contributed by atoms with Crippen LogP contribution in [-0.2, 0) is 17.6 Å².